The van der Waals surface area contributed by atoms with Crippen molar-refractivity contribution in [2.24, 2.45) is 0 Å². The minimum absolute atomic E-state index is 0.0922. The molecule has 24 heavy (non-hydrogen) atoms. The average molecular weight is 328 g/mol. The second kappa shape index (κ2) is 7.53. The van der Waals surface area contributed by atoms with Gasteiger partial charge >= 0.3 is 0 Å². The molecule has 0 spiro atoms. The van der Waals surface area contributed by atoms with Gasteiger partial charge in [0.05, 0.1) is 0 Å². The summed E-state index contributed by atoms with van der Waals surface area (Å²) in [7, 11) is 0. The van der Waals surface area contributed by atoms with Gasteiger partial charge in [0, 0.05) is 38.6 Å². The van der Waals surface area contributed by atoms with Crippen LogP contribution in [0.15, 0.2) is 36.7 Å². The van der Waals surface area contributed by atoms with Crippen LogP contribution >= 0.6 is 0 Å². The van der Waals surface area contributed by atoms with Crippen LogP contribution in [0.4, 0.5) is 0 Å². The third-order valence-electron chi connectivity index (χ3n) is 4.60. The quantitative estimate of drug-likeness (QED) is 0.819. The molecule has 1 aliphatic heterocycles. The van der Waals surface area contributed by atoms with Crippen LogP contribution < -0.4 is 0 Å². The van der Waals surface area contributed by atoms with Gasteiger partial charge in [0.1, 0.15) is 12.4 Å². The zero-order chi connectivity index (χ0) is 16.9. The first kappa shape index (κ1) is 16.6. The van der Waals surface area contributed by atoms with Gasteiger partial charge in [-0.25, -0.2) is 4.68 Å². The standard InChI is InChI=1S/C17H24N6O/c1-14(2)21-8-10-22(11-9-21)17(24)16(23-13-18-19-20-23)12-15-6-4-3-5-7-15/h3-7,13-14,16H,8-12H2,1-2H3/t16-/m1/s1. The number of piperazine rings is 1. The Morgan fingerprint density at radius 1 is 1.12 bits per heavy atom. The van der Waals surface area contributed by atoms with E-state index in [1.807, 2.05) is 35.2 Å². The molecule has 7 heteroatoms. The first-order chi connectivity index (χ1) is 11.6. The number of amides is 1. The van der Waals surface area contributed by atoms with Crippen molar-refractivity contribution in [2.75, 3.05) is 26.2 Å². The molecule has 1 atom stereocenters. The predicted octanol–water partition coefficient (Wildman–Crippen LogP) is 1.01. The monoisotopic (exact) mass is 328 g/mol. The molecule has 0 N–H and O–H groups in total. The number of hydrogen-bond acceptors (Lipinski definition) is 5. The smallest absolute Gasteiger partial charge is 0.248 e. The fraction of sp³-hybridized carbons (Fsp3) is 0.529. The van der Waals surface area contributed by atoms with E-state index in [0.717, 1.165) is 31.7 Å². The number of hydrogen-bond donors (Lipinski definition) is 0. The lowest BCUT2D eigenvalue weighted by molar-refractivity contribution is -0.137. The molecule has 128 valence electrons. The summed E-state index contributed by atoms with van der Waals surface area (Å²) < 4.78 is 1.57. The number of aromatic nitrogens is 4. The Morgan fingerprint density at radius 2 is 1.83 bits per heavy atom. The summed E-state index contributed by atoms with van der Waals surface area (Å²) in [5, 5.41) is 11.4. The summed E-state index contributed by atoms with van der Waals surface area (Å²) in [5.41, 5.74) is 1.10. The van der Waals surface area contributed by atoms with E-state index in [-0.39, 0.29) is 5.91 Å². The van der Waals surface area contributed by atoms with Crippen molar-refractivity contribution in [1.82, 2.24) is 30.0 Å². The minimum atomic E-state index is -0.395. The number of tetrazole rings is 1. The van der Waals surface area contributed by atoms with Gasteiger partial charge < -0.3 is 4.90 Å². The van der Waals surface area contributed by atoms with Crippen LogP contribution in [0.2, 0.25) is 0 Å². The van der Waals surface area contributed by atoms with Gasteiger partial charge in [-0.2, -0.15) is 0 Å². The van der Waals surface area contributed by atoms with Gasteiger partial charge in [-0.1, -0.05) is 30.3 Å². The van der Waals surface area contributed by atoms with Crippen LogP contribution in [0.25, 0.3) is 0 Å². The lowest BCUT2D eigenvalue weighted by Crippen LogP contribution is -2.52. The summed E-state index contributed by atoms with van der Waals surface area (Å²) in [6.45, 7) is 7.72. The van der Waals surface area contributed by atoms with Crippen molar-refractivity contribution in [1.29, 1.82) is 0 Å². The molecule has 1 aliphatic rings. The first-order valence-electron chi connectivity index (χ1n) is 8.44. The fourth-order valence-corrected chi connectivity index (χ4v) is 3.11. The number of rotatable bonds is 5. The second-order valence-electron chi connectivity index (χ2n) is 6.45. The highest BCUT2D eigenvalue weighted by atomic mass is 16.2. The van der Waals surface area contributed by atoms with Gasteiger partial charge in [0.2, 0.25) is 5.91 Å². The Kier molecular flexibility index (Phi) is 5.20. The Hall–Kier alpha value is -2.28. The summed E-state index contributed by atoms with van der Waals surface area (Å²) in [6.07, 6.45) is 2.12. The van der Waals surface area contributed by atoms with E-state index < -0.39 is 6.04 Å². The van der Waals surface area contributed by atoms with Crippen LogP contribution in [0, 0.1) is 0 Å². The van der Waals surface area contributed by atoms with Crippen molar-refractivity contribution in [3.05, 3.63) is 42.2 Å². The highest BCUT2D eigenvalue weighted by Crippen LogP contribution is 2.18. The van der Waals surface area contributed by atoms with Gasteiger partial charge in [-0.05, 0) is 29.8 Å². The van der Waals surface area contributed by atoms with E-state index in [2.05, 4.69) is 34.3 Å². The predicted molar refractivity (Wildman–Crippen MR) is 90.3 cm³/mol. The third kappa shape index (κ3) is 3.79. The molecule has 0 radical (unpaired) electrons. The SMILES string of the molecule is CC(C)N1CCN(C(=O)[C@@H](Cc2ccccc2)n2cnnn2)CC1. The molecule has 1 amide bonds. The fourth-order valence-electron chi connectivity index (χ4n) is 3.11. The number of nitrogens with zero attached hydrogens (tertiary/aromatic N) is 6. The highest BCUT2D eigenvalue weighted by Gasteiger charge is 2.30. The Balaban J connectivity index is 1.73. The molecule has 0 unspecified atom stereocenters. The van der Waals surface area contributed by atoms with E-state index in [1.54, 1.807) is 4.68 Å². The van der Waals surface area contributed by atoms with Crippen LogP contribution in [0.5, 0.6) is 0 Å². The number of carbonyl (C=O) groups is 1. The number of carbonyl (C=O) groups excluding carboxylic acids is 1. The summed E-state index contributed by atoms with van der Waals surface area (Å²) in [5.74, 6) is 0.0922. The maximum Gasteiger partial charge on any atom is 0.248 e. The maximum atomic E-state index is 13.1. The van der Waals surface area contributed by atoms with Crippen molar-refractivity contribution in [3.63, 3.8) is 0 Å². The van der Waals surface area contributed by atoms with Gasteiger partial charge in [0.15, 0.2) is 0 Å². The lowest BCUT2D eigenvalue weighted by atomic mass is 10.0. The van der Waals surface area contributed by atoms with E-state index >= 15 is 0 Å². The lowest BCUT2D eigenvalue weighted by Gasteiger charge is -2.38. The normalized spacial score (nSPS) is 17.2. The molecular formula is C17H24N6O. The van der Waals surface area contributed by atoms with Crippen molar-refractivity contribution < 1.29 is 4.79 Å². The highest BCUT2D eigenvalue weighted by molar-refractivity contribution is 5.80. The van der Waals surface area contributed by atoms with E-state index in [0.29, 0.717) is 12.5 Å². The molecule has 2 heterocycles. The Morgan fingerprint density at radius 3 is 2.42 bits per heavy atom. The summed E-state index contributed by atoms with van der Waals surface area (Å²) in [4.78, 5) is 17.4. The molecule has 1 fully saturated rings. The molecule has 0 bridgehead atoms. The molecule has 1 saturated heterocycles. The molecule has 0 aliphatic carbocycles. The first-order valence-corrected chi connectivity index (χ1v) is 8.44. The third-order valence-corrected chi connectivity index (χ3v) is 4.60. The summed E-state index contributed by atoms with van der Waals surface area (Å²) >= 11 is 0. The maximum absolute atomic E-state index is 13.1. The van der Waals surface area contributed by atoms with Crippen molar-refractivity contribution in [3.8, 4) is 0 Å². The van der Waals surface area contributed by atoms with Gasteiger partial charge in [0.25, 0.3) is 0 Å². The zero-order valence-corrected chi connectivity index (χ0v) is 14.2. The van der Waals surface area contributed by atoms with Gasteiger partial charge in [-0.3, -0.25) is 9.69 Å². The van der Waals surface area contributed by atoms with Crippen LogP contribution in [0.1, 0.15) is 25.5 Å². The molecule has 2 aromatic rings. The molecule has 3 rings (SSSR count). The molecule has 0 saturated carbocycles. The zero-order valence-electron chi connectivity index (χ0n) is 14.2. The topological polar surface area (TPSA) is 67.2 Å². The minimum Gasteiger partial charge on any atom is -0.338 e. The van der Waals surface area contributed by atoms with Crippen molar-refractivity contribution in [2.45, 2.75) is 32.4 Å². The van der Waals surface area contributed by atoms with Crippen LogP contribution in [0.3, 0.4) is 0 Å². The second-order valence-corrected chi connectivity index (χ2v) is 6.45. The molecule has 7 nitrogen and oxygen atoms in total. The van der Waals surface area contributed by atoms with E-state index in [1.165, 1.54) is 6.33 Å². The molecule has 1 aromatic carbocycles. The largest absolute Gasteiger partial charge is 0.338 e. The van der Waals surface area contributed by atoms with E-state index in [9.17, 15) is 4.79 Å². The summed E-state index contributed by atoms with van der Waals surface area (Å²) in [6, 6.07) is 10.1. The Labute approximate surface area is 142 Å². The Bertz CT molecular complexity index is 634. The van der Waals surface area contributed by atoms with Crippen LogP contribution in [-0.2, 0) is 11.2 Å². The number of benzene rings is 1. The molecular weight excluding hydrogens is 304 g/mol. The molecule has 1 aromatic heterocycles. The van der Waals surface area contributed by atoms with Gasteiger partial charge in [-0.15, -0.1) is 5.10 Å². The van der Waals surface area contributed by atoms with Crippen LogP contribution in [-0.4, -0.2) is 68.1 Å². The van der Waals surface area contributed by atoms with E-state index in [4.69, 9.17) is 0 Å². The average Bonchev–Trinajstić information content (AvgIpc) is 3.14. The van der Waals surface area contributed by atoms with Crippen molar-refractivity contribution >= 4 is 5.91 Å².